The molecule has 0 fully saturated rings. The number of anilines is 1. The molecule has 2 N–H and O–H groups in total. The Hall–Kier alpha value is -3.16. The summed E-state index contributed by atoms with van der Waals surface area (Å²) < 4.78 is 16.4. The molecule has 2 aromatic heterocycles. The van der Waals surface area contributed by atoms with Crippen molar-refractivity contribution < 1.29 is 14.0 Å². The Morgan fingerprint density at radius 1 is 1.00 bits per heavy atom. The molecule has 3 aromatic rings. The van der Waals surface area contributed by atoms with Gasteiger partial charge < -0.3 is 19.7 Å². The number of nitrogen functional groups attached to an aromatic ring is 1. The largest absolute Gasteiger partial charge is 0.486 e. The van der Waals surface area contributed by atoms with Crippen LogP contribution in [0.1, 0.15) is 11.5 Å². The molecule has 0 spiro atoms. The van der Waals surface area contributed by atoms with E-state index in [0.29, 0.717) is 42.9 Å². The molecule has 0 aliphatic carbocycles. The minimum absolute atomic E-state index is 0.364. The maximum Gasteiger partial charge on any atom is 0.227 e. The molecule has 3 heterocycles. The number of fused-ring (bicyclic) bond motifs is 1. The molecule has 24 heavy (non-hydrogen) atoms. The van der Waals surface area contributed by atoms with E-state index >= 15 is 0 Å². The number of nitrogens with two attached hydrogens (primary N) is 1. The van der Waals surface area contributed by atoms with Crippen molar-refractivity contribution >= 4 is 5.82 Å². The summed E-state index contributed by atoms with van der Waals surface area (Å²) in [7, 11) is 0. The lowest BCUT2D eigenvalue weighted by Crippen LogP contribution is -2.15. The van der Waals surface area contributed by atoms with Crippen LogP contribution in [0.15, 0.2) is 35.1 Å². The highest BCUT2D eigenvalue weighted by atomic mass is 16.6. The molecule has 0 amide bonds. The maximum atomic E-state index is 5.63. The van der Waals surface area contributed by atoms with E-state index in [4.69, 9.17) is 19.7 Å². The molecule has 1 aliphatic heterocycles. The first kappa shape index (κ1) is 14.4. The molecule has 0 bridgehead atoms. The van der Waals surface area contributed by atoms with Gasteiger partial charge in [0.05, 0.1) is 0 Å². The van der Waals surface area contributed by atoms with Crippen LogP contribution in [0.4, 0.5) is 5.82 Å². The molecule has 4 rings (SSSR count). The summed E-state index contributed by atoms with van der Waals surface area (Å²) in [5.74, 6) is 2.87. The van der Waals surface area contributed by atoms with Crippen LogP contribution < -0.4 is 15.2 Å². The molecule has 0 radical (unpaired) electrons. The van der Waals surface area contributed by atoms with Crippen molar-refractivity contribution in [1.29, 1.82) is 0 Å². The first-order valence-electron chi connectivity index (χ1n) is 7.57. The summed E-state index contributed by atoms with van der Waals surface area (Å²) in [5.41, 5.74) is 7.29. The lowest BCUT2D eigenvalue weighted by atomic mass is 10.1. The second-order valence-corrected chi connectivity index (χ2v) is 5.32. The van der Waals surface area contributed by atoms with Crippen molar-refractivity contribution in [3.05, 3.63) is 42.0 Å². The highest BCUT2D eigenvalue weighted by Gasteiger charge is 2.13. The van der Waals surface area contributed by atoms with Gasteiger partial charge in [0.2, 0.25) is 11.7 Å². The standard InChI is InChI=1S/C16H15N5O3/c17-14-8-11(18-9-19-14)16-20-15(24-21-16)4-2-10-1-3-12-13(7-10)23-6-5-22-12/h1,3,7-9H,2,4-6H2,(H2,17,18,19). The summed E-state index contributed by atoms with van der Waals surface area (Å²) in [6.45, 7) is 1.16. The SMILES string of the molecule is Nc1cc(-c2noc(CCc3ccc4c(c3)OCCO4)n2)ncn1. The van der Waals surface area contributed by atoms with E-state index < -0.39 is 0 Å². The number of rotatable bonds is 4. The summed E-state index contributed by atoms with van der Waals surface area (Å²) >= 11 is 0. The van der Waals surface area contributed by atoms with Crippen LogP contribution in [0.2, 0.25) is 0 Å². The van der Waals surface area contributed by atoms with Crippen molar-refractivity contribution in [3.63, 3.8) is 0 Å². The quantitative estimate of drug-likeness (QED) is 0.771. The molecule has 1 aliphatic rings. The van der Waals surface area contributed by atoms with Crippen molar-refractivity contribution in [2.45, 2.75) is 12.8 Å². The molecular formula is C16H15N5O3. The van der Waals surface area contributed by atoms with Gasteiger partial charge >= 0.3 is 0 Å². The number of ether oxygens (including phenoxy) is 2. The zero-order valence-corrected chi connectivity index (χ0v) is 12.8. The van der Waals surface area contributed by atoms with Gasteiger partial charge in [-0.3, -0.25) is 0 Å². The van der Waals surface area contributed by atoms with Crippen LogP contribution in [0.3, 0.4) is 0 Å². The van der Waals surface area contributed by atoms with Crippen LogP contribution in [0, 0.1) is 0 Å². The zero-order chi connectivity index (χ0) is 16.4. The van der Waals surface area contributed by atoms with Crippen LogP contribution in [-0.4, -0.2) is 33.3 Å². The Balaban J connectivity index is 1.45. The van der Waals surface area contributed by atoms with Gasteiger partial charge in [0.1, 0.15) is 31.1 Å². The average Bonchev–Trinajstić information content (AvgIpc) is 3.09. The van der Waals surface area contributed by atoms with E-state index in [1.54, 1.807) is 6.07 Å². The lowest BCUT2D eigenvalue weighted by Gasteiger charge is -2.18. The average molecular weight is 325 g/mol. The van der Waals surface area contributed by atoms with Crippen molar-refractivity contribution in [2.24, 2.45) is 0 Å². The van der Waals surface area contributed by atoms with Gasteiger partial charge in [0.15, 0.2) is 11.5 Å². The Bertz CT molecular complexity index is 864. The Kier molecular flexibility index (Phi) is 3.70. The topological polar surface area (TPSA) is 109 Å². The Morgan fingerprint density at radius 3 is 2.75 bits per heavy atom. The van der Waals surface area contributed by atoms with Gasteiger partial charge in [-0.05, 0) is 24.1 Å². The number of hydrogen-bond donors (Lipinski definition) is 1. The summed E-state index contributed by atoms with van der Waals surface area (Å²) in [5, 5.41) is 3.93. The normalized spacial score (nSPS) is 13.0. The van der Waals surface area contributed by atoms with Gasteiger partial charge in [-0.15, -0.1) is 0 Å². The molecular weight excluding hydrogens is 310 g/mol. The minimum Gasteiger partial charge on any atom is -0.486 e. The number of benzene rings is 1. The van der Waals surface area contributed by atoms with E-state index in [1.165, 1.54) is 6.33 Å². The fourth-order valence-corrected chi connectivity index (χ4v) is 2.45. The van der Waals surface area contributed by atoms with Crippen molar-refractivity contribution in [2.75, 3.05) is 18.9 Å². The van der Waals surface area contributed by atoms with Gasteiger partial charge in [-0.25, -0.2) is 9.97 Å². The minimum atomic E-state index is 0.364. The highest BCUT2D eigenvalue weighted by molar-refractivity contribution is 5.52. The lowest BCUT2D eigenvalue weighted by molar-refractivity contribution is 0.171. The maximum absolute atomic E-state index is 5.63. The monoisotopic (exact) mass is 325 g/mol. The molecule has 0 unspecified atom stereocenters. The molecule has 8 nitrogen and oxygen atoms in total. The van der Waals surface area contributed by atoms with Crippen LogP contribution in [-0.2, 0) is 12.8 Å². The van der Waals surface area contributed by atoms with Crippen LogP contribution in [0.5, 0.6) is 11.5 Å². The second-order valence-electron chi connectivity index (χ2n) is 5.32. The summed E-state index contributed by atoms with van der Waals surface area (Å²) in [4.78, 5) is 12.3. The second kappa shape index (κ2) is 6.15. The number of aryl methyl sites for hydroxylation is 2. The third kappa shape index (κ3) is 2.98. The molecule has 122 valence electrons. The first-order chi connectivity index (χ1) is 11.8. The van der Waals surface area contributed by atoms with Crippen LogP contribution in [0.25, 0.3) is 11.5 Å². The van der Waals surface area contributed by atoms with E-state index in [2.05, 4.69) is 20.1 Å². The third-order valence-electron chi connectivity index (χ3n) is 3.62. The first-order valence-corrected chi connectivity index (χ1v) is 7.57. The number of aromatic nitrogens is 4. The number of hydrogen-bond acceptors (Lipinski definition) is 8. The zero-order valence-electron chi connectivity index (χ0n) is 12.8. The fourth-order valence-electron chi connectivity index (χ4n) is 2.45. The smallest absolute Gasteiger partial charge is 0.227 e. The molecule has 0 atom stereocenters. The molecule has 8 heteroatoms. The summed E-state index contributed by atoms with van der Waals surface area (Å²) in [6.07, 6.45) is 2.74. The molecule has 0 saturated heterocycles. The van der Waals surface area contributed by atoms with Crippen molar-refractivity contribution in [1.82, 2.24) is 20.1 Å². The van der Waals surface area contributed by atoms with E-state index in [0.717, 1.165) is 23.5 Å². The van der Waals surface area contributed by atoms with E-state index in [9.17, 15) is 0 Å². The van der Waals surface area contributed by atoms with E-state index in [1.807, 2.05) is 18.2 Å². The highest BCUT2D eigenvalue weighted by Crippen LogP contribution is 2.31. The van der Waals surface area contributed by atoms with Gasteiger partial charge in [0.25, 0.3) is 0 Å². The van der Waals surface area contributed by atoms with Gasteiger partial charge in [-0.2, -0.15) is 4.98 Å². The van der Waals surface area contributed by atoms with Gasteiger partial charge in [-0.1, -0.05) is 11.2 Å². The third-order valence-corrected chi connectivity index (χ3v) is 3.62. The predicted molar refractivity (Wildman–Crippen MR) is 84.6 cm³/mol. The Morgan fingerprint density at radius 2 is 1.88 bits per heavy atom. The van der Waals surface area contributed by atoms with E-state index in [-0.39, 0.29) is 0 Å². The van der Waals surface area contributed by atoms with Crippen molar-refractivity contribution in [3.8, 4) is 23.0 Å². The Labute approximate surface area is 137 Å². The summed E-state index contributed by atoms with van der Waals surface area (Å²) in [6, 6.07) is 7.52. The number of nitrogens with zero attached hydrogens (tertiary/aromatic N) is 4. The molecule has 1 aromatic carbocycles. The predicted octanol–water partition coefficient (Wildman–Crippen LogP) is 1.67. The molecule has 0 saturated carbocycles. The fraction of sp³-hybridized carbons (Fsp3) is 0.250. The van der Waals surface area contributed by atoms with Gasteiger partial charge in [0, 0.05) is 12.5 Å². The van der Waals surface area contributed by atoms with Crippen LogP contribution >= 0.6 is 0 Å².